The number of aryl methyl sites for hydroxylation is 1. The Hall–Kier alpha value is -1.78. The summed E-state index contributed by atoms with van der Waals surface area (Å²) in [5, 5.41) is 0. The van der Waals surface area contributed by atoms with Crippen LogP contribution in [0, 0.1) is 6.92 Å². The summed E-state index contributed by atoms with van der Waals surface area (Å²) in [5.74, 6) is 1.44. The second-order valence-corrected chi connectivity index (χ2v) is 8.80. The summed E-state index contributed by atoms with van der Waals surface area (Å²) in [4.78, 5) is 0. The van der Waals surface area contributed by atoms with Gasteiger partial charge in [-0.1, -0.05) is 50.2 Å². The van der Waals surface area contributed by atoms with E-state index in [0.717, 1.165) is 16.8 Å². The van der Waals surface area contributed by atoms with Gasteiger partial charge in [0.05, 0.1) is 11.2 Å². The van der Waals surface area contributed by atoms with Gasteiger partial charge in [0.25, 0.3) is 0 Å². The molecular weight excluding hydrogens is 335 g/mol. The zero-order valence-electron chi connectivity index (χ0n) is 17.6. The van der Waals surface area contributed by atoms with Crippen LogP contribution in [0.25, 0.3) is 0 Å². The lowest BCUT2D eigenvalue weighted by Gasteiger charge is -2.32. The summed E-state index contributed by atoms with van der Waals surface area (Å²) in [7, 11) is -0.341. The molecule has 27 heavy (non-hydrogen) atoms. The first-order valence-electron chi connectivity index (χ1n) is 9.77. The lowest BCUT2D eigenvalue weighted by atomic mass is 9.78. The Balaban J connectivity index is 1.67. The zero-order chi connectivity index (χ0) is 19.8. The highest BCUT2D eigenvalue weighted by Crippen LogP contribution is 2.36. The summed E-state index contributed by atoms with van der Waals surface area (Å²) < 4.78 is 18.3. The van der Waals surface area contributed by atoms with Gasteiger partial charge in [-0.25, -0.2) is 0 Å². The summed E-state index contributed by atoms with van der Waals surface area (Å²) in [5.41, 5.74) is 3.97. The minimum Gasteiger partial charge on any atom is -0.489 e. The largest absolute Gasteiger partial charge is 0.494 e. The maximum Gasteiger partial charge on any atom is 0.494 e. The van der Waals surface area contributed by atoms with E-state index in [2.05, 4.69) is 78.8 Å². The van der Waals surface area contributed by atoms with Gasteiger partial charge in [-0.15, -0.1) is 0 Å². The van der Waals surface area contributed by atoms with Crippen LogP contribution < -0.4 is 10.2 Å². The van der Waals surface area contributed by atoms with E-state index >= 15 is 0 Å². The Kier molecular flexibility index (Phi) is 5.42. The Labute approximate surface area is 164 Å². The third-order valence-electron chi connectivity index (χ3n) is 5.77. The molecule has 1 aliphatic rings. The van der Waals surface area contributed by atoms with Crippen molar-refractivity contribution in [2.24, 2.45) is 0 Å². The predicted molar refractivity (Wildman–Crippen MR) is 112 cm³/mol. The molecular formula is C23H31BO3. The van der Waals surface area contributed by atoms with E-state index in [1.807, 2.05) is 12.1 Å². The highest BCUT2D eigenvalue weighted by molar-refractivity contribution is 6.62. The number of ether oxygens (including phenoxy) is 1. The lowest BCUT2D eigenvalue weighted by molar-refractivity contribution is 0.00578. The monoisotopic (exact) mass is 366 g/mol. The fourth-order valence-electron chi connectivity index (χ4n) is 3.12. The van der Waals surface area contributed by atoms with Crippen LogP contribution in [0.3, 0.4) is 0 Å². The maximum absolute atomic E-state index is 6.14. The van der Waals surface area contributed by atoms with E-state index in [1.165, 1.54) is 11.1 Å². The highest BCUT2D eigenvalue weighted by atomic mass is 16.7. The molecule has 2 aromatic rings. The van der Waals surface area contributed by atoms with Crippen LogP contribution >= 0.6 is 0 Å². The van der Waals surface area contributed by atoms with Crippen molar-refractivity contribution in [1.29, 1.82) is 0 Å². The molecule has 0 bridgehead atoms. The molecule has 0 aromatic heterocycles. The first-order valence-corrected chi connectivity index (χ1v) is 9.77. The first-order chi connectivity index (χ1) is 12.6. The van der Waals surface area contributed by atoms with Crippen molar-refractivity contribution in [2.45, 2.75) is 72.2 Å². The Morgan fingerprint density at radius 3 is 2.04 bits per heavy atom. The van der Waals surface area contributed by atoms with Gasteiger partial charge in [-0.3, -0.25) is 0 Å². The molecule has 1 saturated heterocycles. The minimum absolute atomic E-state index is 0.330. The third kappa shape index (κ3) is 4.22. The summed E-state index contributed by atoms with van der Waals surface area (Å²) in [6.07, 6.45) is 0. The molecule has 1 fully saturated rings. The van der Waals surface area contributed by atoms with Crippen LogP contribution in [0.1, 0.15) is 64.2 Å². The Bertz CT molecular complexity index is 778. The predicted octanol–water partition coefficient (Wildman–Crippen LogP) is 5.00. The van der Waals surface area contributed by atoms with Crippen LogP contribution in [-0.2, 0) is 15.9 Å². The smallest absolute Gasteiger partial charge is 0.489 e. The van der Waals surface area contributed by atoms with Crippen LogP contribution in [-0.4, -0.2) is 18.3 Å². The molecule has 0 aliphatic carbocycles. The van der Waals surface area contributed by atoms with E-state index in [1.54, 1.807) is 0 Å². The van der Waals surface area contributed by atoms with Gasteiger partial charge < -0.3 is 14.0 Å². The van der Waals surface area contributed by atoms with Crippen molar-refractivity contribution in [2.75, 3.05) is 0 Å². The van der Waals surface area contributed by atoms with Crippen molar-refractivity contribution in [3.63, 3.8) is 0 Å². The van der Waals surface area contributed by atoms with Crippen LogP contribution in [0.15, 0.2) is 42.5 Å². The quantitative estimate of drug-likeness (QED) is 0.698. The third-order valence-corrected chi connectivity index (χ3v) is 5.77. The topological polar surface area (TPSA) is 27.7 Å². The fourth-order valence-corrected chi connectivity index (χ4v) is 3.12. The highest BCUT2D eigenvalue weighted by Gasteiger charge is 2.51. The van der Waals surface area contributed by atoms with Crippen LogP contribution in [0.5, 0.6) is 5.75 Å². The zero-order valence-corrected chi connectivity index (χ0v) is 17.6. The molecule has 3 nitrogen and oxygen atoms in total. The van der Waals surface area contributed by atoms with Gasteiger partial charge in [-0.2, -0.15) is 0 Å². The Morgan fingerprint density at radius 1 is 0.926 bits per heavy atom. The molecule has 0 unspecified atom stereocenters. The minimum atomic E-state index is -0.341. The summed E-state index contributed by atoms with van der Waals surface area (Å²) in [6.45, 7) is 15.3. The van der Waals surface area contributed by atoms with Gasteiger partial charge in [0.15, 0.2) is 0 Å². The second kappa shape index (κ2) is 7.33. The molecule has 0 N–H and O–H groups in total. The molecule has 0 spiro atoms. The van der Waals surface area contributed by atoms with Gasteiger partial charge >= 0.3 is 7.12 Å². The van der Waals surface area contributed by atoms with E-state index in [9.17, 15) is 0 Å². The summed E-state index contributed by atoms with van der Waals surface area (Å²) >= 11 is 0. The molecule has 4 heteroatoms. The van der Waals surface area contributed by atoms with Gasteiger partial charge in [-0.05, 0) is 68.8 Å². The van der Waals surface area contributed by atoms with Crippen molar-refractivity contribution < 1.29 is 14.0 Å². The van der Waals surface area contributed by atoms with Crippen molar-refractivity contribution in [1.82, 2.24) is 0 Å². The lowest BCUT2D eigenvalue weighted by Crippen LogP contribution is -2.41. The van der Waals surface area contributed by atoms with Gasteiger partial charge in [0, 0.05) is 0 Å². The summed E-state index contributed by atoms with van der Waals surface area (Å²) in [6, 6.07) is 14.8. The van der Waals surface area contributed by atoms with E-state index in [-0.39, 0.29) is 18.3 Å². The van der Waals surface area contributed by atoms with Gasteiger partial charge in [0.1, 0.15) is 12.4 Å². The van der Waals surface area contributed by atoms with Crippen molar-refractivity contribution in [3.8, 4) is 5.75 Å². The van der Waals surface area contributed by atoms with E-state index in [4.69, 9.17) is 14.0 Å². The van der Waals surface area contributed by atoms with Crippen LogP contribution in [0.4, 0.5) is 0 Å². The van der Waals surface area contributed by atoms with Gasteiger partial charge in [0.2, 0.25) is 0 Å². The molecule has 3 rings (SSSR count). The second-order valence-electron chi connectivity index (χ2n) is 8.80. The SMILES string of the molecule is Cc1cc(B2OC(C)(C)C(C)(C)O2)ccc1OCc1ccc(C(C)C)cc1. The molecule has 2 aromatic carbocycles. The number of hydrogen-bond acceptors (Lipinski definition) is 3. The Morgan fingerprint density at radius 2 is 1.52 bits per heavy atom. The molecule has 0 amide bonds. The number of rotatable bonds is 5. The maximum atomic E-state index is 6.14. The van der Waals surface area contributed by atoms with E-state index < -0.39 is 0 Å². The normalized spacial score (nSPS) is 18.1. The van der Waals surface area contributed by atoms with Crippen molar-refractivity contribution in [3.05, 3.63) is 59.2 Å². The molecule has 0 saturated carbocycles. The van der Waals surface area contributed by atoms with Crippen LogP contribution in [0.2, 0.25) is 0 Å². The molecule has 1 aliphatic heterocycles. The fraction of sp³-hybridized carbons (Fsp3) is 0.478. The molecule has 1 heterocycles. The first kappa shape index (κ1) is 20.0. The number of hydrogen-bond donors (Lipinski definition) is 0. The average molecular weight is 366 g/mol. The molecule has 0 radical (unpaired) electrons. The molecule has 144 valence electrons. The molecule has 0 atom stereocenters. The van der Waals surface area contributed by atoms with E-state index in [0.29, 0.717) is 12.5 Å². The van der Waals surface area contributed by atoms with Crippen molar-refractivity contribution >= 4 is 12.6 Å². The number of benzene rings is 2. The standard InChI is InChI=1S/C23H31BO3/c1-16(2)19-10-8-18(9-11-19)15-25-21-13-12-20(14-17(21)3)24-26-22(4,5)23(6,7)27-24/h8-14,16H,15H2,1-7H3. The average Bonchev–Trinajstić information content (AvgIpc) is 2.82.